The van der Waals surface area contributed by atoms with E-state index in [0.29, 0.717) is 6.54 Å². The molecule has 0 aromatic heterocycles. The van der Waals surface area contributed by atoms with Crippen molar-refractivity contribution in [3.05, 3.63) is 41.5 Å². The van der Waals surface area contributed by atoms with Gasteiger partial charge in [-0.15, -0.1) is 0 Å². The number of hydrogen-bond acceptors (Lipinski definition) is 3. The first-order valence-electron chi connectivity index (χ1n) is 5.41. The number of amides is 1. The fourth-order valence-electron chi connectivity index (χ4n) is 1.36. The fourth-order valence-corrected chi connectivity index (χ4v) is 1.36. The van der Waals surface area contributed by atoms with Crippen LogP contribution in [0.15, 0.2) is 35.5 Å². The zero-order valence-corrected chi connectivity index (χ0v) is 9.76. The van der Waals surface area contributed by atoms with E-state index in [1.54, 1.807) is 0 Å². The average molecular weight is 232 g/mol. The Morgan fingerprint density at radius 2 is 2.24 bits per heavy atom. The number of rotatable bonds is 5. The summed E-state index contributed by atoms with van der Waals surface area (Å²) in [4.78, 5) is 10.6. The van der Waals surface area contributed by atoms with Gasteiger partial charge in [-0.1, -0.05) is 35.5 Å². The molecule has 4 heteroatoms. The molecule has 0 bridgehead atoms. The van der Waals surface area contributed by atoms with Crippen molar-refractivity contribution in [1.82, 2.24) is 5.32 Å². The lowest BCUT2D eigenvalue weighted by Gasteiger charge is -1.98. The molecule has 0 saturated carbocycles. The molecule has 0 spiro atoms. The third-order valence-electron chi connectivity index (χ3n) is 2.11. The van der Waals surface area contributed by atoms with Gasteiger partial charge in [0.2, 0.25) is 5.91 Å². The largest absolute Gasteiger partial charge is 0.411 e. The highest BCUT2D eigenvalue weighted by Crippen LogP contribution is 2.05. The van der Waals surface area contributed by atoms with Gasteiger partial charge in [-0.25, -0.2) is 0 Å². The first kappa shape index (κ1) is 13.0. The minimum Gasteiger partial charge on any atom is -0.411 e. The molecule has 0 aliphatic heterocycles. The van der Waals surface area contributed by atoms with E-state index in [1.165, 1.54) is 13.1 Å². The Labute approximate surface area is 101 Å². The van der Waals surface area contributed by atoms with Crippen molar-refractivity contribution in [2.75, 3.05) is 6.54 Å². The number of benzene rings is 1. The maximum Gasteiger partial charge on any atom is 0.216 e. The first-order chi connectivity index (χ1) is 8.22. The third kappa shape index (κ3) is 5.51. The number of carbonyl (C=O) groups excluding carboxylic acids is 1. The number of oxime groups is 1. The maximum absolute atomic E-state index is 10.6. The van der Waals surface area contributed by atoms with Gasteiger partial charge in [0, 0.05) is 13.5 Å². The predicted molar refractivity (Wildman–Crippen MR) is 68.2 cm³/mol. The maximum atomic E-state index is 10.6. The monoisotopic (exact) mass is 232 g/mol. The molecular weight excluding hydrogens is 216 g/mol. The Balaban J connectivity index is 2.47. The molecular formula is C13H16N2O2. The van der Waals surface area contributed by atoms with E-state index < -0.39 is 0 Å². The summed E-state index contributed by atoms with van der Waals surface area (Å²) in [5, 5.41) is 14.1. The number of carbonyl (C=O) groups is 1. The Morgan fingerprint density at radius 3 is 2.94 bits per heavy atom. The molecule has 1 aromatic rings. The van der Waals surface area contributed by atoms with Gasteiger partial charge in [-0.2, -0.15) is 0 Å². The summed E-state index contributed by atoms with van der Waals surface area (Å²) in [6.07, 6.45) is 6.13. The van der Waals surface area contributed by atoms with Gasteiger partial charge in [0.25, 0.3) is 0 Å². The van der Waals surface area contributed by atoms with Crippen LogP contribution in [-0.4, -0.2) is 23.9 Å². The van der Waals surface area contributed by atoms with Gasteiger partial charge in [-0.05, 0) is 23.6 Å². The molecule has 0 atom stereocenters. The molecule has 0 saturated heterocycles. The van der Waals surface area contributed by atoms with Gasteiger partial charge in [0.05, 0.1) is 6.21 Å². The molecule has 0 unspecified atom stereocenters. The van der Waals surface area contributed by atoms with E-state index in [1.807, 2.05) is 36.4 Å². The summed E-state index contributed by atoms with van der Waals surface area (Å²) in [6.45, 7) is 2.14. The standard InChI is InChI=1S/C13H16N2O2/c1-11(16)14-8-3-2-5-12-6-4-7-13(9-12)10-15-17/h2,4-7,9-10,17H,3,8H2,1H3,(H,14,16). The zero-order valence-electron chi connectivity index (χ0n) is 9.76. The number of nitrogens with zero attached hydrogens (tertiary/aromatic N) is 1. The van der Waals surface area contributed by atoms with Crippen LogP contribution in [0.2, 0.25) is 0 Å². The van der Waals surface area contributed by atoms with Gasteiger partial charge < -0.3 is 10.5 Å². The van der Waals surface area contributed by atoms with E-state index in [0.717, 1.165) is 17.5 Å². The minimum atomic E-state index is -0.0143. The normalized spacial score (nSPS) is 11.1. The van der Waals surface area contributed by atoms with Crippen molar-refractivity contribution in [3.8, 4) is 0 Å². The second kappa shape index (κ2) is 7.22. The van der Waals surface area contributed by atoms with Crippen molar-refractivity contribution < 1.29 is 10.0 Å². The Morgan fingerprint density at radius 1 is 1.47 bits per heavy atom. The molecule has 90 valence electrons. The average Bonchev–Trinajstić information content (AvgIpc) is 2.29. The zero-order chi connectivity index (χ0) is 12.5. The smallest absolute Gasteiger partial charge is 0.216 e. The summed E-state index contributed by atoms with van der Waals surface area (Å²) in [5.41, 5.74) is 1.88. The number of hydrogen-bond donors (Lipinski definition) is 2. The molecule has 2 N–H and O–H groups in total. The van der Waals surface area contributed by atoms with Gasteiger partial charge in [0.1, 0.15) is 0 Å². The SMILES string of the molecule is CC(=O)NCCC=Cc1cccc(C=NO)c1. The van der Waals surface area contributed by atoms with Gasteiger partial charge >= 0.3 is 0 Å². The van der Waals surface area contributed by atoms with E-state index in [4.69, 9.17) is 5.21 Å². The van der Waals surface area contributed by atoms with Crippen LogP contribution in [-0.2, 0) is 4.79 Å². The fraction of sp³-hybridized carbons (Fsp3) is 0.231. The van der Waals surface area contributed by atoms with E-state index >= 15 is 0 Å². The lowest BCUT2D eigenvalue weighted by molar-refractivity contribution is -0.118. The van der Waals surface area contributed by atoms with Crippen LogP contribution in [0.5, 0.6) is 0 Å². The Kier molecular flexibility index (Phi) is 5.51. The molecule has 1 amide bonds. The van der Waals surface area contributed by atoms with Crippen molar-refractivity contribution in [2.24, 2.45) is 5.16 Å². The van der Waals surface area contributed by atoms with E-state index in [9.17, 15) is 4.79 Å². The summed E-state index contributed by atoms with van der Waals surface area (Å²) >= 11 is 0. The Hall–Kier alpha value is -2.10. The minimum absolute atomic E-state index is 0.0143. The molecule has 1 rings (SSSR count). The second-order valence-electron chi connectivity index (χ2n) is 3.59. The molecule has 17 heavy (non-hydrogen) atoms. The summed E-state index contributed by atoms with van der Waals surface area (Å²) < 4.78 is 0. The summed E-state index contributed by atoms with van der Waals surface area (Å²) in [7, 11) is 0. The Bertz CT molecular complexity index is 425. The molecule has 1 aromatic carbocycles. The van der Waals surface area contributed by atoms with Crippen molar-refractivity contribution in [3.63, 3.8) is 0 Å². The van der Waals surface area contributed by atoms with Crippen molar-refractivity contribution in [1.29, 1.82) is 0 Å². The molecule has 0 aliphatic carbocycles. The first-order valence-corrected chi connectivity index (χ1v) is 5.41. The van der Waals surface area contributed by atoms with Crippen LogP contribution in [0.25, 0.3) is 6.08 Å². The van der Waals surface area contributed by atoms with E-state index in [2.05, 4.69) is 10.5 Å². The lowest BCUT2D eigenvalue weighted by Crippen LogP contribution is -2.20. The highest BCUT2D eigenvalue weighted by atomic mass is 16.4. The second-order valence-corrected chi connectivity index (χ2v) is 3.59. The van der Waals surface area contributed by atoms with Crippen LogP contribution in [0, 0.1) is 0 Å². The van der Waals surface area contributed by atoms with Crippen LogP contribution < -0.4 is 5.32 Å². The molecule has 0 aliphatic rings. The molecule has 0 heterocycles. The summed E-state index contributed by atoms with van der Waals surface area (Å²) in [5.74, 6) is -0.0143. The lowest BCUT2D eigenvalue weighted by atomic mass is 10.1. The molecule has 0 radical (unpaired) electrons. The third-order valence-corrected chi connectivity index (χ3v) is 2.11. The predicted octanol–water partition coefficient (Wildman–Crippen LogP) is 2.03. The van der Waals surface area contributed by atoms with Gasteiger partial charge in [-0.3, -0.25) is 4.79 Å². The highest BCUT2D eigenvalue weighted by Gasteiger charge is 1.91. The topological polar surface area (TPSA) is 61.7 Å². The van der Waals surface area contributed by atoms with Crippen LogP contribution in [0.4, 0.5) is 0 Å². The van der Waals surface area contributed by atoms with Crippen LogP contribution in [0.3, 0.4) is 0 Å². The summed E-state index contributed by atoms with van der Waals surface area (Å²) in [6, 6.07) is 7.62. The molecule has 0 fully saturated rings. The highest BCUT2D eigenvalue weighted by molar-refractivity contribution is 5.80. The van der Waals surface area contributed by atoms with Crippen molar-refractivity contribution in [2.45, 2.75) is 13.3 Å². The van der Waals surface area contributed by atoms with Crippen LogP contribution >= 0.6 is 0 Å². The molecule has 4 nitrogen and oxygen atoms in total. The van der Waals surface area contributed by atoms with Gasteiger partial charge in [0.15, 0.2) is 0 Å². The quantitative estimate of drug-likeness (QED) is 0.353. The number of nitrogens with one attached hydrogen (secondary N) is 1. The van der Waals surface area contributed by atoms with Crippen molar-refractivity contribution >= 4 is 18.2 Å². The van der Waals surface area contributed by atoms with E-state index in [-0.39, 0.29) is 5.91 Å². The van der Waals surface area contributed by atoms with Crippen LogP contribution in [0.1, 0.15) is 24.5 Å².